The van der Waals surface area contributed by atoms with Gasteiger partial charge >= 0.3 is 0 Å². The van der Waals surface area contributed by atoms with Crippen LogP contribution in [0.5, 0.6) is 0 Å². The van der Waals surface area contributed by atoms with E-state index in [1.807, 2.05) is 12.1 Å². The predicted octanol–water partition coefficient (Wildman–Crippen LogP) is 4.19. The van der Waals surface area contributed by atoms with E-state index in [-0.39, 0.29) is 13.2 Å². The van der Waals surface area contributed by atoms with E-state index in [0.29, 0.717) is 11.5 Å². The highest BCUT2D eigenvalue weighted by Crippen LogP contribution is 2.29. The average Bonchev–Trinajstić information content (AvgIpc) is 2.67. The lowest BCUT2D eigenvalue weighted by molar-refractivity contribution is 0.0807. The fourth-order valence-electron chi connectivity index (χ4n) is 3.20. The molecule has 1 atom stereocenters. The van der Waals surface area contributed by atoms with Crippen LogP contribution in [0.25, 0.3) is 0 Å². The first-order chi connectivity index (χ1) is 12.7. The molecule has 0 aromatic carbocycles. The van der Waals surface area contributed by atoms with Gasteiger partial charge in [-0.1, -0.05) is 57.9 Å². The molecule has 2 rings (SSSR count). The van der Waals surface area contributed by atoms with E-state index in [4.69, 9.17) is 10.5 Å². The number of unbranched alkanes of at least 4 members (excludes halogenated alkanes) is 7. The van der Waals surface area contributed by atoms with E-state index in [9.17, 15) is 4.39 Å². The van der Waals surface area contributed by atoms with E-state index < -0.39 is 12.2 Å². The molecule has 1 aromatic rings. The van der Waals surface area contributed by atoms with Crippen molar-refractivity contribution in [2.24, 2.45) is 10.7 Å². The fourth-order valence-corrected chi connectivity index (χ4v) is 3.20. The van der Waals surface area contributed by atoms with Crippen LogP contribution in [0.3, 0.4) is 0 Å². The topological polar surface area (TPSA) is 72.5 Å². The van der Waals surface area contributed by atoms with Crippen molar-refractivity contribution < 1.29 is 9.13 Å². The molecule has 2 heterocycles. The van der Waals surface area contributed by atoms with Crippen LogP contribution in [0.2, 0.25) is 0 Å². The molecule has 0 saturated heterocycles. The summed E-state index contributed by atoms with van der Waals surface area (Å²) in [7, 11) is 0. The third-order valence-corrected chi connectivity index (χ3v) is 4.73. The molecule has 3 N–H and O–H groups in total. The third kappa shape index (κ3) is 6.24. The van der Waals surface area contributed by atoms with Crippen molar-refractivity contribution in [1.29, 1.82) is 0 Å². The summed E-state index contributed by atoms with van der Waals surface area (Å²) in [5.74, 6) is 1.06. The zero-order valence-electron chi connectivity index (χ0n) is 16.0. The number of hydrogen-bond donors (Lipinski definition) is 2. The number of amidine groups is 1. The van der Waals surface area contributed by atoms with Crippen LogP contribution >= 0.6 is 0 Å². The van der Waals surface area contributed by atoms with Gasteiger partial charge in [0.15, 0.2) is 5.54 Å². The number of anilines is 1. The molecule has 0 aliphatic carbocycles. The molecule has 0 saturated carbocycles. The highest BCUT2D eigenvalue weighted by Gasteiger charge is 2.37. The standard InChI is InChI=1S/C20H33FN4O/c1-2-3-4-5-6-7-8-9-13-23-19-12-10-11-17(24-19)20(15-21)16-26-14-18(22)25-20/h10-12H,2-9,13-16H2,1H3,(H2,22,25)(H,23,24). The van der Waals surface area contributed by atoms with Crippen LogP contribution in [0.1, 0.15) is 64.0 Å². The molecule has 0 bridgehead atoms. The maximum absolute atomic E-state index is 13.7. The Labute approximate surface area is 156 Å². The minimum Gasteiger partial charge on any atom is -0.385 e. The Morgan fingerprint density at radius 2 is 1.88 bits per heavy atom. The summed E-state index contributed by atoms with van der Waals surface area (Å²) < 4.78 is 19.1. The lowest BCUT2D eigenvalue weighted by Crippen LogP contribution is -2.42. The summed E-state index contributed by atoms with van der Waals surface area (Å²) in [4.78, 5) is 8.85. The van der Waals surface area contributed by atoms with Gasteiger partial charge in [0, 0.05) is 6.54 Å². The van der Waals surface area contributed by atoms with E-state index >= 15 is 0 Å². The van der Waals surface area contributed by atoms with Crippen molar-refractivity contribution in [1.82, 2.24) is 4.98 Å². The van der Waals surface area contributed by atoms with Crippen LogP contribution in [-0.4, -0.2) is 37.3 Å². The van der Waals surface area contributed by atoms with Crippen molar-refractivity contribution in [3.63, 3.8) is 0 Å². The Bertz CT molecular complexity index is 566. The van der Waals surface area contributed by atoms with E-state index in [1.165, 1.54) is 44.9 Å². The Balaban J connectivity index is 1.78. The van der Waals surface area contributed by atoms with Crippen LogP contribution in [0.4, 0.5) is 10.2 Å². The van der Waals surface area contributed by atoms with Gasteiger partial charge in [-0.2, -0.15) is 0 Å². The molecule has 6 heteroatoms. The van der Waals surface area contributed by atoms with Crippen molar-refractivity contribution in [3.8, 4) is 0 Å². The Hall–Kier alpha value is -1.69. The molecule has 0 fully saturated rings. The highest BCUT2D eigenvalue weighted by atomic mass is 19.1. The Morgan fingerprint density at radius 1 is 1.15 bits per heavy atom. The van der Waals surface area contributed by atoms with Crippen LogP contribution < -0.4 is 11.1 Å². The maximum atomic E-state index is 13.7. The van der Waals surface area contributed by atoms with Crippen LogP contribution in [-0.2, 0) is 10.3 Å². The van der Waals surface area contributed by atoms with E-state index in [2.05, 4.69) is 22.2 Å². The average molecular weight is 365 g/mol. The molecule has 146 valence electrons. The number of ether oxygens (including phenoxy) is 1. The first-order valence-electron chi connectivity index (χ1n) is 9.89. The molecule has 5 nitrogen and oxygen atoms in total. The van der Waals surface area contributed by atoms with Gasteiger partial charge < -0.3 is 15.8 Å². The molecular formula is C20H33FN4O. The second-order valence-electron chi connectivity index (χ2n) is 7.07. The van der Waals surface area contributed by atoms with Gasteiger partial charge in [0.05, 0.1) is 12.3 Å². The largest absolute Gasteiger partial charge is 0.385 e. The summed E-state index contributed by atoms with van der Waals surface area (Å²) in [6, 6.07) is 5.56. The lowest BCUT2D eigenvalue weighted by atomic mass is 9.97. The summed E-state index contributed by atoms with van der Waals surface area (Å²) in [6.07, 6.45) is 10.3. The number of aromatic nitrogens is 1. The number of nitrogens with one attached hydrogen (secondary N) is 1. The number of pyridine rings is 1. The predicted molar refractivity (Wildman–Crippen MR) is 105 cm³/mol. The van der Waals surface area contributed by atoms with Gasteiger partial charge in [-0.15, -0.1) is 0 Å². The number of rotatable bonds is 12. The number of aliphatic imine (C=N–C) groups is 1. The molecule has 0 radical (unpaired) electrons. The number of alkyl halides is 1. The van der Waals surface area contributed by atoms with Crippen LogP contribution in [0.15, 0.2) is 23.2 Å². The molecule has 0 spiro atoms. The van der Waals surface area contributed by atoms with Gasteiger partial charge in [0.2, 0.25) is 0 Å². The summed E-state index contributed by atoms with van der Waals surface area (Å²) >= 11 is 0. The van der Waals surface area contributed by atoms with Crippen molar-refractivity contribution in [2.45, 2.75) is 63.8 Å². The summed E-state index contributed by atoms with van der Waals surface area (Å²) in [5.41, 5.74) is 5.19. The van der Waals surface area contributed by atoms with E-state index in [0.717, 1.165) is 18.8 Å². The number of hydrogen-bond acceptors (Lipinski definition) is 5. The molecule has 1 aliphatic heterocycles. The normalized spacial score (nSPS) is 20.0. The van der Waals surface area contributed by atoms with Gasteiger partial charge in [-0.05, 0) is 18.6 Å². The summed E-state index contributed by atoms with van der Waals surface area (Å²) in [6.45, 7) is 2.85. The van der Waals surface area contributed by atoms with Gasteiger partial charge in [-0.25, -0.2) is 9.37 Å². The SMILES string of the molecule is CCCCCCCCCCNc1cccc(C2(CF)COCC(N)=N2)n1. The van der Waals surface area contributed by atoms with Gasteiger partial charge in [-0.3, -0.25) is 4.99 Å². The molecule has 1 aromatic heterocycles. The van der Waals surface area contributed by atoms with Gasteiger partial charge in [0.1, 0.15) is 24.9 Å². The minimum absolute atomic E-state index is 0.165. The third-order valence-electron chi connectivity index (χ3n) is 4.73. The molecule has 26 heavy (non-hydrogen) atoms. The second-order valence-corrected chi connectivity index (χ2v) is 7.07. The molecule has 1 unspecified atom stereocenters. The second kappa shape index (κ2) is 11.1. The first kappa shape index (κ1) is 20.6. The van der Waals surface area contributed by atoms with Crippen molar-refractivity contribution in [3.05, 3.63) is 23.9 Å². The lowest BCUT2D eigenvalue weighted by Gasteiger charge is -2.30. The fraction of sp³-hybridized carbons (Fsp3) is 0.700. The monoisotopic (exact) mass is 364 g/mol. The molecular weight excluding hydrogens is 331 g/mol. The van der Waals surface area contributed by atoms with Gasteiger partial charge in [0.25, 0.3) is 0 Å². The quantitative estimate of drug-likeness (QED) is 0.546. The number of nitrogens with zero attached hydrogens (tertiary/aromatic N) is 2. The van der Waals surface area contributed by atoms with E-state index in [1.54, 1.807) is 6.07 Å². The van der Waals surface area contributed by atoms with Crippen molar-refractivity contribution >= 4 is 11.7 Å². The Kier molecular flexibility index (Phi) is 8.81. The molecule has 1 aliphatic rings. The zero-order valence-corrected chi connectivity index (χ0v) is 16.0. The minimum atomic E-state index is -1.11. The summed E-state index contributed by atoms with van der Waals surface area (Å²) in [5, 5.41) is 3.33. The Morgan fingerprint density at radius 3 is 2.58 bits per heavy atom. The number of nitrogens with two attached hydrogens (primary N) is 1. The maximum Gasteiger partial charge on any atom is 0.156 e. The van der Waals surface area contributed by atoms with Crippen LogP contribution in [0, 0.1) is 0 Å². The zero-order chi connectivity index (χ0) is 18.7. The first-order valence-corrected chi connectivity index (χ1v) is 9.89. The van der Waals surface area contributed by atoms with Crippen molar-refractivity contribution in [2.75, 3.05) is 31.7 Å². The smallest absolute Gasteiger partial charge is 0.156 e. The highest BCUT2D eigenvalue weighted by molar-refractivity contribution is 5.82. The number of halogens is 1. The molecule has 0 amide bonds.